The number of aromatic amines is 1. The molecule has 1 aliphatic heterocycles. The Balaban J connectivity index is 2.26. The number of H-pyrrole nitrogens is 1. The molecule has 3 rings (SSSR count). The summed E-state index contributed by atoms with van der Waals surface area (Å²) >= 11 is 0. The molecule has 122 valence electrons. The highest BCUT2D eigenvalue weighted by Crippen LogP contribution is 2.39. The van der Waals surface area contributed by atoms with Crippen LogP contribution < -0.4 is 11.3 Å². The first-order valence-electron chi connectivity index (χ1n) is 6.78. The second kappa shape index (κ2) is 5.04. The number of nitrogens with one attached hydrogen (secondary N) is 1. The Morgan fingerprint density at radius 2 is 2.35 bits per heavy atom. The van der Waals surface area contributed by atoms with Crippen molar-refractivity contribution < 1.29 is 20.1 Å². The Bertz CT molecular complexity index is 864. The predicted molar refractivity (Wildman–Crippen MR) is 77.1 cm³/mol. The fourth-order valence-corrected chi connectivity index (χ4v) is 2.83. The van der Waals surface area contributed by atoms with Crippen molar-refractivity contribution in [3.05, 3.63) is 22.1 Å². The van der Waals surface area contributed by atoms with Crippen LogP contribution in [0.2, 0.25) is 0 Å². The highest BCUT2D eigenvalue weighted by Gasteiger charge is 2.53. The number of ether oxygens (including phenoxy) is 1. The van der Waals surface area contributed by atoms with Crippen LogP contribution in [0.5, 0.6) is 0 Å². The minimum atomic E-state index is -1.77. The third-order valence-electron chi connectivity index (χ3n) is 4.01. The fraction of sp³-hybridized carbons (Fsp3) is 0.462. The van der Waals surface area contributed by atoms with Gasteiger partial charge in [-0.3, -0.25) is 9.78 Å². The quantitative estimate of drug-likeness (QED) is 0.430. The molecule has 0 unspecified atom stereocenters. The third kappa shape index (κ3) is 2.10. The zero-order chi connectivity index (χ0) is 16.9. The van der Waals surface area contributed by atoms with E-state index < -0.39 is 36.2 Å². The molecular formula is C13H15N5O5. The second-order valence-corrected chi connectivity index (χ2v) is 5.59. The number of aromatic nitrogens is 3. The molecule has 0 aliphatic carbocycles. The number of nitrogens with zero attached hydrogens (tertiary/aromatic N) is 3. The van der Waals surface area contributed by atoms with E-state index in [-0.39, 0.29) is 22.5 Å². The molecule has 2 aromatic heterocycles. The lowest BCUT2D eigenvalue weighted by Gasteiger charge is -2.27. The lowest BCUT2D eigenvalue weighted by molar-refractivity contribution is -0.0948. The molecule has 0 bridgehead atoms. The number of rotatable bonds is 2. The van der Waals surface area contributed by atoms with E-state index in [9.17, 15) is 25.4 Å². The highest BCUT2D eigenvalue weighted by molar-refractivity contribution is 5.83. The first-order chi connectivity index (χ1) is 10.8. The van der Waals surface area contributed by atoms with E-state index in [2.05, 4.69) is 9.97 Å². The van der Waals surface area contributed by atoms with Crippen molar-refractivity contribution in [2.24, 2.45) is 0 Å². The minimum absolute atomic E-state index is 0.00281. The minimum Gasteiger partial charge on any atom is -0.394 e. The van der Waals surface area contributed by atoms with Crippen LogP contribution in [0.1, 0.15) is 18.7 Å². The van der Waals surface area contributed by atoms with Gasteiger partial charge in [-0.25, -0.2) is 0 Å². The first kappa shape index (κ1) is 15.4. The van der Waals surface area contributed by atoms with Crippen LogP contribution in [0.15, 0.2) is 11.0 Å². The van der Waals surface area contributed by atoms with E-state index in [1.807, 2.05) is 6.07 Å². The van der Waals surface area contributed by atoms with Gasteiger partial charge in [-0.15, -0.1) is 0 Å². The summed E-state index contributed by atoms with van der Waals surface area (Å²) in [6.07, 6.45) is -2.25. The molecule has 0 saturated carbocycles. The van der Waals surface area contributed by atoms with Gasteiger partial charge in [0.05, 0.1) is 12.2 Å². The standard InChI is InChI=1S/C13H15N5O5/c1-13(22)8(20)6(4-19)23-11(13)18-3-5(2-14)7-9(18)16-12(15)17-10(7)21/h3,6,8,11,19-20,22H,4H2,1H3,(H3,15,16,17,21)/t6-,8-,11-,13-/m1/s1. The molecule has 1 aliphatic rings. The summed E-state index contributed by atoms with van der Waals surface area (Å²) in [5.74, 6) is -0.164. The molecule has 0 aromatic carbocycles. The van der Waals surface area contributed by atoms with E-state index in [0.717, 1.165) is 0 Å². The first-order valence-corrected chi connectivity index (χ1v) is 6.78. The summed E-state index contributed by atoms with van der Waals surface area (Å²) in [4.78, 5) is 18.3. The lowest BCUT2D eigenvalue weighted by atomic mass is 9.96. The summed E-state index contributed by atoms with van der Waals surface area (Å²) in [5.41, 5.74) is 3.23. The van der Waals surface area contributed by atoms with Crippen LogP contribution in [0, 0.1) is 11.3 Å². The van der Waals surface area contributed by atoms with Gasteiger partial charge in [0.15, 0.2) is 11.9 Å². The maximum Gasteiger partial charge on any atom is 0.263 e. The van der Waals surface area contributed by atoms with E-state index in [4.69, 9.17) is 10.5 Å². The van der Waals surface area contributed by atoms with Crippen LogP contribution in [0.3, 0.4) is 0 Å². The molecule has 2 aromatic rings. The van der Waals surface area contributed by atoms with Crippen molar-refractivity contribution in [3.63, 3.8) is 0 Å². The molecule has 0 amide bonds. The summed E-state index contributed by atoms with van der Waals surface area (Å²) < 4.78 is 6.74. The molecule has 4 atom stereocenters. The van der Waals surface area contributed by atoms with Crippen LogP contribution in [0.25, 0.3) is 11.0 Å². The number of hydrogen-bond acceptors (Lipinski definition) is 8. The number of hydrogen-bond donors (Lipinski definition) is 5. The zero-order valence-corrected chi connectivity index (χ0v) is 12.1. The Labute approximate surface area is 129 Å². The van der Waals surface area contributed by atoms with Crippen molar-refractivity contribution >= 4 is 17.0 Å². The van der Waals surface area contributed by atoms with Gasteiger partial charge in [0.25, 0.3) is 5.56 Å². The molecule has 0 spiro atoms. The van der Waals surface area contributed by atoms with Gasteiger partial charge in [0.1, 0.15) is 29.3 Å². The number of fused-ring (bicyclic) bond motifs is 1. The van der Waals surface area contributed by atoms with Crippen molar-refractivity contribution in [3.8, 4) is 6.07 Å². The topological polar surface area (TPSA) is 170 Å². The maximum absolute atomic E-state index is 12.0. The van der Waals surface area contributed by atoms with Gasteiger partial charge in [-0.05, 0) is 6.92 Å². The van der Waals surface area contributed by atoms with Gasteiger partial charge < -0.3 is 30.4 Å². The summed E-state index contributed by atoms with van der Waals surface area (Å²) in [6, 6.07) is 1.87. The predicted octanol–water partition coefficient (Wildman–Crippen LogP) is -1.82. The van der Waals surface area contributed by atoms with Gasteiger partial charge in [0.2, 0.25) is 5.95 Å². The average Bonchev–Trinajstić information content (AvgIpc) is 2.95. The Morgan fingerprint density at radius 1 is 1.65 bits per heavy atom. The van der Waals surface area contributed by atoms with Gasteiger partial charge in [-0.2, -0.15) is 10.2 Å². The second-order valence-electron chi connectivity index (χ2n) is 5.59. The summed E-state index contributed by atoms with van der Waals surface area (Å²) in [7, 11) is 0. The third-order valence-corrected chi connectivity index (χ3v) is 4.01. The molecule has 23 heavy (non-hydrogen) atoms. The van der Waals surface area contributed by atoms with E-state index in [0.29, 0.717) is 0 Å². The molecule has 1 saturated heterocycles. The van der Waals surface area contributed by atoms with Crippen LogP contribution >= 0.6 is 0 Å². The highest BCUT2D eigenvalue weighted by atomic mass is 16.6. The Morgan fingerprint density at radius 3 is 2.91 bits per heavy atom. The molecule has 10 heteroatoms. The number of nitrogens with two attached hydrogens (primary N) is 1. The number of aliphatic hydroxyl groups excluding tert-OH is 2. The van der Waals surface area contributed by atoms with E-state index in [1.165, 1.54) is 17.7 Å². The number of anilines is 1. The van der Waals surface area contributed by atoms with E-state index >= 15 is 0 Å². The fourth-order valence-electron chi connectivity index (χ4n) is 2.83. The monoisotopic (exact) mass is 321 g/mol. The largest absolute Gasteiger partial charge is 0.394 e. The molecule has 3 heterocycles. The number of aliphatic hydroxyl groups is 3. The zero-order valence-electron chi connectivity index (χ0n) is 12.1. The normalized spacial score (nSPS) is 30.7. The Hall–Kier alpha value is -2.45. The van der Waals surface area contributed by atoms with Crippen molar-refractivity contribution in [2.45, 2.75) is 31.0 Å². The van der Waals surface area contributed by atoms with Gasteiger partial charge >= 0.3 is 0 Å². The van der Waals surface area contributed by atoms with Gasteiger partial charge in [-0.1, -0.05) is 0 Å². The number of nitrogen functional groups attached to an aromatic ring is 1. The van der Waals surface area contributed by atoms with E-state index in [1.54, 1.807) is 0 Å². The van der Waals surface area contributed by atoms with Crippen molar-refractivity contribution in [1.29, 1.82) is 5.26 Å². The van der Waals surface area contributed by atoms with Crippen LogP contribution in [-0.4, -0.2) is 54.3 Å². The van der Waals surface area contributed by atoms with Gasteiger partial charge in [0, 0.05) is 6.20 Å². The SMILES string of the molecule is C[C@@]1(O)[C@H](O)[C@@H](CO)O[C@H]1n1cc(C#N)c2c(=O)[nH]c(N)nc21. The lowest BCUT2D eigenvalue weighted by Crippen LogP contribution is -2.44. The summed E-state index contributed by atoms with van der Waals surface area (Å²) in [5, 5.41) is 39.0. The van der Waals surface area contributed by atoms with Crippen LogP contribution in [0.4, 0.5) is 5.95 Å². The number of nitriles is 1. The van der Waals surface area contributed by atoms with Crippen LogP contribution in [-0.2, 0) is 4.74 Å². The molecule has 0 radical (unpaired) electrons. The molecule has 6 N–H and O–H groups in total. The molecule has 1 fully saturated rings. The molecular weight excluding hydrogens is 306 g/mol. The smallest absolute Gasteiger partial charge is 0.263 e. The summed E-state index contributed by atoms with van der Waals surface area (Å²) in [6.45, 7) is 0.820. The van der Waals surface area contributed by atoms with Crippen molar-refractivity contribution in [1.82, 2.24) is 14.5 Å². The average molecular weight is 321 g/mol. The maximum atomic E-state index is 12.0. The molecule has 10 nitrogen and oxygen atoms in total. The van der Waals surface area contributed by atoms with Crippen molar-refractivity contribution in [2.75, 3.05) is 12.3 Å². The Kier molecular flexibility index (Phi) is 3.38.